The van der Waals surface area contributed by atoms with Crippen molar-refractivity contribution >= 4 is 5.91 Å². The third kappa shape index (κ3) is 4.11. The molecule has 24 heavy (non-hydrogen) atoms. The second-order valence-corrected chi connectivity index (χ2v) is 6.51. The first kappa shape index (κ1) is 16.5. The summed E-state index contributed by atoms with van der Waals surface area (Å²) >= 11 is 0. The molecule has 1 fully saturated rings. The third-order valence-corrected chi connectivity index (χ3v) is 4.52. The number of carbonyl (C=O) groups is 1. The monoisotopic (exact) mass is 325 g/mol. The van der Waals surface area contributed by atoms with Crippen LogP contribution < -0.4 is 4.73 Å². The van der Waals surface area contributed by atoms with Crippen LogP contribution in [0, 0.1) is 11.1 Å². The van der Waals surface area contributed by atoms with Gasteiger partial charge in [0, 0.05) is 32.7 Å². The second-order valence-electron chi connectivity index (χ2n) is 6.51. The topological polar surface area (TPSA) is 50.5 Å². The Labute approximate surface area is 142 Å². The van der Waals surface area contributed by atoms with Gasteiger partial charge in [-0.05, 0) is 30.5 Å². The van der Waals surface area contributed by atoms with Gasteiger partial charge in [-0.15, -0.1) is 0 Å². The quantitative estimate of drug-likeness (QED) is 0.623. The molecule has 3 rings (SSSR count). The minimum absolute atomic E-state index is 0.0956. The molecule has 0 saturated carbocycles. The highest BCUT2D eigenvalue weighted by Gasteiger charge is 2.25. The van der Waals surface area contributed by atoms with Gasteiger partial charge in [0.2, 0.25) is 0 Å². The van der Waals surface area contributed by atoms with Gasteiger partial charge in [-0.2, -0.15) is 4.73 Å². The lowest BCUT2D eigenvalue weighted by Gasteiger charge is -2.21. The van der Waals surface area contributed by atoms with Gasteiger partial charge in [0.25, 0.3) is 5.91 Å². The average Bonchev–Trinajstić information content (AvgIpc) is 3.02. The van der Waals surface area contributed by atoms with E-state index >= 15 is 0 Å². The van der Waals surface area contributed by atoms with Crippen molar-refractivity contribution in [1.29, 1.82) is 0 Å². The Bertz CT molecular complexity index is 690. The molecule has 1 aliphatic rings. The van der Waals surface area contributed by atoms with Crippen molar-refractivity contribution in [3.63, 3.8) is 0 Å². The van der Waals surface area contributed by atoms with E-state index in [1.807, 2.05) is 13.1 Å². The minimum atomic E-state index is -0.0956. The fraction of sp³-hybridized carbons (Fsp3) is 0.368. The molecule has 1 saturated heterocycles. The smallest absolute Gasteiger partial charge is 0.259 e. The van der Waals surface area contributed by atoms with Crippen molar-refractivity contribution in [2.24, 2.45) is 5.92 Å². The van der Waals surface area contributed by atoms with Crippen LogP contribution in [0.5, 0.6) is 0 Å². The zero-order chi connectivity index (χ0) is 16.9. The molecular formula is C19H23N3O2. The number of amides is 1. The molecule has 0 bridgehead atoms. The first-order valence-corrected chi connectivity index (χ1v) is 8.32. The van der Waals surface area contributed by atoms with Gasteiger partial charge in [-0.3, -0.25) is 9.69 Å². The number of benzene rings is 1. The summed E-state index contributed by atoms with van der Waals surface area (Å²) < 4.78 is 0.665. The zero-order valence-corrected chi connectivity index (χ0v) is 14.0. The van der Waals surface area contributed by atoms with Crippen LogP contribution in [-0.4, -0.2) is 42.4 Å². The molecular weight excluding hydrogens is 302 g/mol. The minimum Gasteiger partial charge on any atom is -0.619 e. The first-order valence-electron chi connectivity index (χ1n) is 8.32. The van der Waals surface area contributed by atoms with Crippen LogP contribution in [0.25, 0.3) is 0 Å². The predicted octanol–water partition coefficient (Wildman–Crippen LogP) is 1.91. The summed E-state index contributed by atoms with van der Waals surface area (Å²) in [6.07, 6.45) is 3.81. The SMILES string of the molecule is CN(CC1CCN(Cc2ccccc2)C1)C(=O)c1ccc[n+]([O-])c1. The summed E-state index contributed by atoms with van der Waals surface area (Å²) in [6, 6.07) is 13.8. The Hall–Kier alpha value is -2.40. The van der Waals surface area contributed by atoms with Crippen molar-refractivity contribution in [3.8, 4) is 0 Å². The number of carbonyl (C=O) groups excluding carboxylic acids is 1. The molecule has 126 valence electrons. The van der Waals surface area contributed by atoms with Crippen LogP contribution in [0.2, 0.25) is 0 Å². The van der Waals surface area contributed by atoms with Crippen molar-refractivity contribution in [2.75, 3.05) is 26.7 Å². The van der Waals surface area contributed by atoms with Gasteiger partial charge in [-0.25, -0.2) is 0 Å². The molecule has 2 aromatic rings. The van der Waals surface area contributed by atoms with Gasteiger partial charge in [-0.1, -0.05) is 30.3 Å². The van der Waals surface area contributed by atoms with Crippen LogP contribution in [0.4, 0.5) is 0 Å². The standard InChI is InChI=1S/C19H23N3O2/c1-20(19(23)18-8-5-10-22(24)15-18)12-17-9-11-21(14-17)13-16-6-3-2-4-7-16/h2-8,10,15,17H,9,11-14H2,1H3. The highest BCUT2D eigenvalue weighted by atomic mass is 16.5. The molecule has 5 heteroatoms. The Morgan fingerprint density at radius 3 is 2.83 bits per heavy atom. The maximum Gasteiger partial charge on any atom is 0.259 e. The summed E-state index contributed by atoms with van der Waals surface area (Å²) in [5, 5.41) is 11.3. The molecule has 1 amide bonds. The van der Waals surface area contributed by atoms with E-state index in [1.165, 1.54) is 18.0 Å². The number of rotatable bonds is 5. The molecule has 1 atom stereocenters. The van der Waals surface area contributed by atoms with E-state index in [0.29, 0.717) is 16.2 Å². The maximum atomic E-state index is 12.4. The van der Waals surface area contributed by atoms with Crippen LogP contribution in [0.3, 0.4) is 0 Å². The predicted molar refractivity (Wildman–Crippen MR) is 92.2 cm³/mol. The van der Waals surface area contributed by atoms with Crippen LogP contribution in [0.15, 0.2) is 54.9 Å². The van der Waals surface area contributed by atoms with E-state index in [0.717, 1.165) is 32.6 Å². The molecule has 0 radical (unpaired) electrons. The lowest BCUT2D eigenvalue weighted by molar-refractivity contribution is -0.605. The summed E-state index contributed by atoms with van der Waals surface area (Å²) in [5.74, 6) is 0.382. The fourth-order valence-corrected chi connectivity index (χ4v) is 3.32. The Morgan fingerprint density at radius 1 is 1.29 bits per heavy atom. The Morgan fingerprint density at radius 2 is 2.08 bits per heavy atom. The molecule has 0 N–H and O–H groups in total. The summed E-state index contributed by atoms with van der Waals surface area (Å²) in [6.45, 7) is 3.75. The van der Waals surface area contributed by atoms with Crippen molar-refractivity contribution in [3.05, 3.63) is 71.2 Å². The third-order valence-electron chi connectivity index (χ3n) is 4.52. The molecule has 1 aromatic carbocycles. The van der Waals surface area contributed by atoms with E-state index in [9.17, 15) is 10.0 Å². The largest absolute Gasteiger partial charge is 0.619 e. The zero-order valence-electron chi connectivity index (χ0n) is 14.0. The van der Waals surface area contributed by atoms with Crippen molar-refractivity contribution < 1.29 is 9.52 Å². The first-order chi connectivity index (χ1) is 11.6. The van der Waals surface area contributed by atoms with Crippen LogP contribution in [-0.2, 0) is 6.54 Å². The number of pyridine rings is 1. The summed E-state index contributed by atoms with van der Waals surface area (Å²) in [7, 11) is 1.81. The number of aromatic nitrogens is 1. The molecule has 1 aliphatic heterocycles. The highest BCUT2D eigenvalue weighted by molar-refractivity contribution is 5.93. The lowest BCUT2D eigenvalue weighted by atomic mass is 10.1. The van der Waals surface area contributed by atoms with Gasteiger partial charge >= 0.3 is 0 Å². The number of likely N-dealkylation sites (tertiary alicyclic amines) is 1. The summed E-state index contributed by atoms with van der Waals surface area (Å²) in [5.41, 5.74) is 1.76. The number of nitrogens with zero attached hydrogens (tertiary/aromatic N) is 3. The molecule has 1 aromatic heterocycles. The van der Waals surface area contributed by atoms with E-state index in [2.05, 4.69) is 29.2 Å². The molecule has 0 aliphatic carbocycles. The van der Waals surface area contributed by atoms with Crippen LogP contribution in [0.1, 0.15) is 22.3 Å². The number of hydrogen-bond donors (Lipinski definition) is 0. The molecule has 5 nitrogen and oxygen atoms in total. The number of hydrogen-bond acceptors (Lipinski definition) is 3. The molecule has 1 unspecified atom stereocenters. The average molecular weight is 325 g/mol. The van der Waals surface area contributed by atoms with Gasteiger partial charge in [0.1, 0.15) is 5.56 Å². The molecule has 2 heterocycles. The van der Waals surface area contributed by atoms with E-state index < -0.39 is 0 Å². The lowest BCUT2D eigenvalue weighted by Crippen LogP contribution is -2.35. The Kier molecular flexibility index (Phi) is 5.11. The van der Waals surface area contributed by atoms with E-state index in [4.69, 9.17) is 0 Å². The highest BCUT2D eigenvalue weighted by Crippen LogP contribution is 2.20. The molecule has 0 spiro atoms. The summed E-state index contributed by atoms with van der Waals surface area (Å²) in [4.78, 5) is 16.6. The van der Waals surface area contributed by atoms with Gasteiger partial charge in [0.05, 0.1) is 0 Å². The maximum absolute atomic E-state index is 12.4. The normalized spacial score (nSPS) is 17.8. The Balaban J connectivity index is 1.52. The fourth-order valence-electron chi connectivity index (χ4n) is 3.32. The van der Waals surface area contributed by atoms with Gasteiger partial charge in [0.15, 0.2) is 12.4 Å². The van der Waals surface area contributed by atoms with Crippen molar-refractivity contribution in [1.82, 2.24) is 9.80 Å². The van der Waals surface area contributed by atoms with E-state index in [-0.39, 0.29) is 5.91 Å². The van der Waals surface area contributed by atoms with Gasteiger partial charge < -0.3 is 10.1 Å². The van der Waals surface area contributed by atoms with E-state index in [1.54, 1.807) is 17.0 Å². The second kappa shape index (κ2) is 7.45. The van der Waals surface area contributed by atoms with Crippen molar-refractivity contribution in [2.45, 2.75) is 13.0 Å². The van der Waals surface area contributed by atoms with Crippen LogP contribution >= 0.6 is 0 Å².